The molecule has 0 aliphatic carbocycles. The number of rotatable bonds is 11. The van der Waals surface area contributed by atoms with Gasteiger partial charge in [0.25, 0.3) is 5.91 Å². The van der Waals surface area contributed by atoms with Crippen LogP contribution < -0.4 is 16.0 Å². The van der Waals surface area contributed by atoms with Crippen molar-refractivity contribution in [1.82, 2.24) is 15.5 Å². The SMILES string of the molecule is CCCCNC(=O)Nc1ccc([S+](C)[O-])cc1C(=O)NCC1CCN(C(c2ccccc2)c2ccccc2)CC1. The molecule has 7 nitrogen and oxygen atoms in total. The zero-order valence-corrected chi connectivity index (χ0v) is 24.2. The maximum atomic E-state index is 13.3. The Morgan fingerprint density at radius 3 is 2.15 bits per heavy atom. The number of benzene rings is 3. The van der Waals surface area contributed by atoms with Crippen molar-refractivity contribution in [2.45, 2.75) is 43.5 Å². The number of unbranched alkanes of at least 4 members (excludes halogenated alkanes) is 1. The van der Waals surface area contributed by atoms with Crippen molar-refractivity contribution >= 4 is 28.8 Å². The van der Waals surface area contributed by atoms with Gasteiger partial charge in [-0.05, 0) is 72.7 Å². The topological polar surface area (TPSA) is 96.5 Å². The quantitative estimate of drug-likeness (QED) is 0.211. The molecule has 4 rings (SSSR count). The second kappa shape index (κ2) is 14.9. The van der Waals surface area contributed by atoms with Gasteiger partial charge in [0.15, 0.2) is 4.90 Å². The predicted molar refractivity (Wildman–Crippen MR) is 162 cm³/mol. The number of carbonyl (C=O) groups is 2. The molecule has 1 heterocycles. The molecule has 1 atom stereocenters. The number of anilines is 1. The maximum Gasteiger partial charge on any atom is 0.319 e. The third-order valence-corrected chi connectivity index (χ3v) is 8.35. The smallest absolute Gasteiger partial charge is 0.319 e. The van der Waals surface area contributed by atoms with Gasteiger partial charge in [-0.1, -0.05) is 74.0 Å². The maximum absolute atomic E-state index is 13.3. The average molecular weight is 561 g/mol. The summed E-state index contributed by atoms with van der Waals surface area (Å²) in [5.74, 6) is 0.0784. The van der Waals surface area contributed by atoms with Crippen molar-refractivity contribution in [2.24, 2.45) is 5.92 Å². The molecule has 3 N–H and O–H groups in total. The summed E-state index contributed by atoms with van der Waals surface area (Å²) < 4.78 is 12.1. The number of nitrogens with one attached hydrogen (secondary N) is 3. The van der Waals surface area contributed by atoms with Gasteiger partial charge in [0, 0.05) is 19.2 Å². The number of piperidine rings is 1. The first-order chi connectivity index (χ1) is 19.5. The highest BCUT2D eigenvalue weighted by atomic mass is 32.2. The van der Waals surface area contributed by atoms with Crippen molar-refractivity contribution in [3.63, 3.8) is 0 Å². The van der Waals surface area contributed by atoms with Gasteiger partial charge in [0.2, 0.25) is 0 Å². The lowest BCUT2D eigenvalue weighted by molar-refractivity contribution is 0.0931. The molecule has 3 aromatic rings. The molecule has 1 aliphatic heterocycles. The summed E-state index contributed by atoms with van der Waals surface area (Å²) in [7, 11) is 0. The van der Waals surface area contributed by atoms with Crippen LogP contribution in [0.2, 0.25) is 0 Å². The minimum Gasteiger partial charge on any atom is -0.612 e. The van der Waals surface area contributed by atoms with Crippen LogP contribution in [0.5, 0.6) is 0 Å². The van der Waals surface area contributed by atoms with E-state index in [9.17, 15) is 14.1 Å². The van der Waals surface area contributed by atoms with Crippen LogP contribution in [0.3, 0.4) is 0 Å². The van der Waals surface area contributed by atoms with E-state index in [0.717, 1.165) is 38.8 Å². The summed E-state index contributed by atoms with van der Waals surface area (Å²) in [4.78, 5) is 28.7. The van der Waals surface area contributed by atoms with Crippen LogP contribution in [0.25, 0.3) is 0 Å². The molecule has 3 aromatic carbocycles. The molecule has 0 bridgehead atoms. The Morgan fingerprint density at radius 1 is 0.950 bits per heavy atom. The summed E-state index contributed by atoms with van der Waals surface area (Å²) in [5, 5.41) is 8.68. The predicted octanol–water partition coefficient (Wildman–Crippen LogP) is 5.58. The minimum absolute atomic E-state index is 0.202. The molecule has 1 aliphatic rings. The largest absolute Gasteiger partial charge is 0.612 e. The van der Waals surface area contributed by atoms with Gasteiger partial charge in [0.1, 0.15) is 6.26 Å². The fourth-order valence-electron chi connectivity index (χ4n) is 5.18. The standard InChI is InChI=1S/C32H40N4O3S/c1-3-4-19-33-32(38)35-29-16-15-27(40(2)39)22-28(29)31(37)34-23-24-17-20-36(21-18-24)30(25-11-7-5-8-12-25)26-13-9-6-10-14-26/h5-16,22,24,30H,3-4,17-21,23H2,1-2H3,(H,34,37)(H2,33,35,38). The van der Waals surface area contributed by atoms with E-state index in [-0.39, 0.29) is 18.0 Å². The van der Waals surface area contributed by atoms with Crippen LogP contribution >= 0.6 is 0 Å². The third-order valence-electron chi connectivity index (χ3n) is 7.43. The summed E-state index contributed by atoms with van der Waals surface area (Å²) in [6.07, 6.45) is 5.38. The second-order valence-corrected chi connectivity index (χ2v) is 11.7. The first-order valence-corrected chi connectivity index (χ1v) is 15.7. The molecular formula is C32H40N4O3S. The van der Waals surface area contributed by atoms with Gasteiger partial charge in [0.05, 0.1) is 17.3 Å². The van der Waals surface area contributed by atoms with Gasteiger partial charge in [-0.3, -0.25) is 9.69 Å². The monoisotopic (exact) mass is 560 g/mol. The molecule has 40 heavy (non-hydrogen) atoms. The van der Waals surface area contributed by atoms with E-state index in [0.29, 0.717) is 35.2 Å². The van der Waals surface area contributed by atoms with Gasteiger partial charge < -0.3 is 20.5 Å². The second-order valence-electron chi connectivity index (χ2n) is 10.3. The normalized spacial score (nSPS) is 15.0. The van der Waals surface area contributed by atoms with E-state index in [2.05, 4.69) is 76.3 Å². The molecule has 1 unspecified atom stereocenters. The van der Waals surface area contributed by atoms with E-state index in [1.165, 1.54) is 11.1 Å². The number of nitrogens with zero attached hydrogens (tertiary/aromatic N) is 1. The van der Waals surface area contributed by atoms with E-state index >= 15 is 0 Å². The van der Waals surface area contributed by atoms with Crippen molar-refractivity contribution in [3.05, 3.63) is 95.6 Å². The van der Waals surface area contributed by atoms with Crippen molar-refractivity contribution in [1.29, 1.82) is 0 Å². The lowest BCUT2D eigenvalue weighted by Gasteiger charge is -2.38. The number of carbonyl (C=O) groups excluding carboxylic acids is 2. The lowest BCUT2D eigenvalue weighted by atomic mass is 9.91. The number of likely N-dealkylation sites (tertiary alicyclic amines) is 1. The van der Waals surface area contributed by atoms with Gasteiger partial charge in [-0.2, -0.15) is 0 Å². The molecular weight excluding hydrogens is 520 g/mol. The Labute approximate surface area is 240 Å². The highest BCUT2D eigenvalue weighted by Gasteiger charge is 2.28. The molecule has 212 valence electrons. The summed E-state index contributed by atoms with van der Waals surface area (Å²) in [5.41, 5.74) is 3.30. The molecule has 1 saturated heterocycles. The van der Waals surface area contributed by atoms with E-state index in [4.69, 9.17) is 0 Å². The Morgan fingerprint density at radius 2 is 1.57 bits per heavy atom. The van der Waals surface area contributed by atoms with Crippen molar-refractivity contribution < 1.29 is 14.1 Å². The zero-order valence-electron chi connectivity index (χ0n) is 23.4. The summed E-state index contributed by atoms with van der Waals surface area (Å²) in [6, 6.07) is 26.0. The molecule has 8 heteroatoms. The number of amides is 3. The molecule has 1 fully saturated rings. The number of hydrogen-bond donors (Lipinski definition) is 3. The Balaban J connectivity index is 1.38. The van der Waals surface area contributed by atoms with E-state index < -0.39 is 11.2 Å². The van der Waals surface area contributed by atoms with Gasteiger partial charge in [-0.15, -0.1) is 0 Å². The minimum atomic E-state index is -1.25. The molecule has 0 radical (unpaired) electrons. The van der Waals surface area contributed by atoms with Crippen molar-refractivity contribution in [3.8, 4) is 0 Å². The Kier molecular flexibility index (Phi) is 11.0. The van der Waals surface area contributed by atoms with Crippen LogP contribution in [0.1, 0.15) is 60.1 Å². The Hall–Kier alpha value is -3.33. The van der Waals surface area contributed by atoms with Gasteiger partial charge in [-0.25, -0.2) is 4.79 Å². The molecule has 0 spiro atoms. The van der Waals surface area contributed by atoms with Crippen LogP contribution in [0, 0.1) is 5.92 Å². The first-order valence-electron chi connectivity index (χ1n) is 14.1. The summed E-state index contributed by atoms with van der Waals surface area (Å²) >= 11 is -1.25. The molecule has 3 amide bonds. The van der Waals surface area contributed by atoms with E-state index in [1.807, 2.05) is 12.1 Å². The zero-order chi connectivity index (χ0) is 28.3. The van der Waals surface area contributed by atoms with Crippen LogP contribution in [0.15, 0.2) is 83.8 Å². The highest BCUT2D eigenvalue weighted by Crippen LogP contribution is 2.32. The fraction of sp³-hybridized carbons (Fsp3) is 0.375. The first kappa shape index (κ1) is 29.6. The highest BCUT2D eigenvalue weighted by molar-refractivity contribution is 7.90. The fourth-order valence-corrected chi connectivity index (χ4v) is 5.72. The Bertz CT molecular complexity index is 1190. The van der Waals surface area contributed by atoms with E-state index in [1.54, 1.807) is 24.5 Å². The van der Waals surface area contributed by atoms with Crippen LogP contribution in [-0.4, -0.2) is 53.8 Å². The van der Waals surface area contributed by atoms with Crippen LogP contribution in [-0.2, 0) is 11.2 Å². The lowest BCUT2D eigenvalue weighted by Crippen LogP contribution is -2.40. The van der Waals surface area contributed by atoms with Crippen molar-refractivity contribution in [2.75, 3.05) is 37.8 Å². The number of hydrogen-bond acceptors (Lipinski definition) is 4. The summed E-state index contributed by atoms with van der Waals surface area (Å²) in [6.45, 7) is 5.04. The third kappa shape index (κ3) is 8.10. The van der Waals surface area contributed by atoms with Gasteiger partial charge >= 0.3 is 6.03 Å². The molecule has 0 aromatic heterocycles. The molecule has 0 saturated carbocycles. The number of urea groups is 1. The average Bonchev–Trinajstić information content (AvgIpc) is 2.98. The van der Waals surface area contributed by atoms with Crippen LogP contribution in [0.4, 0.5) is 10.5 Å².